The van der Waals surface area contributed by atoms with Crippen molar-refractivity contribution in [3.8, 4) is 11.5 Å². The van der Waals surface area contributed by atoms with E-state index in [1.165, 1.54) is 0 Å². The van der Waals surface area contributed by atoms with Gasteiger partial charge >= 0.3 is 0 Å². The van der Waals surface area contributed by atoms with Gasteiger partial charge in [-0.3, -0.25) is 9.59 Å². The second-order valence-corrected chi connectivity index (χ2v) is 6.60. The number of para-hydroxylation sites is 2. The van der Waals surface area contributed by atoms with Crippen LogP contribution in [-0.4, -0.2) is 37.6 Å². The second kappa shape index (κ2) is 9.28. The summed E-state index contributed by atoms with van der Waals surface area (Å²) >= 11 is 5.80. The first-order valence-corrected chi connectivity index (χ1v) is 9.18. The van der Waals surface area contributed by atoms with Crippen molar-refractivity contribution < 1.29 is 19.1 Å². The van der Waals surface area contributed by atoms with E-state index in [2.05, 4.69) is 10.6 Å². The Labute approximate surface area is 162 Å². The molecule has 6 nitrogen and oxygen atoms in total. The molecule has 1 aliphatic rings. The lowest BCUT2D eigenvalue weighted by Gasteiger charge is -2.26. The number of amides is 2. The molecule has 0 bridgehead atoms. The molecular formula is C20H21ClN2O4. The van der Waals surface area contributed by atoms with Gasteiger partial charge in [-0.15, -0.1) is 0 Å². The number of halogens is 1. The van der Waals surface area contributed by atoms with Crippen LogP contribution >= 0.6 is 11.6 Å². The first-order chi connectivity index (χ1) is 13.1. The minimum atomic E-state index is -0.214. The number of fused-ring (bicyclic) bond motifs is 1. The first-order valence-electron chi connectivity index (χ1n) is 8.81. The standard InChI is InChI=1S/C20H21ClN2O4/c21-15-9-7-14(8-10-15)20(25)22-11-3-6-19(24)23-12-16-13-26-17-4-1-2-5-18(17)27-16/h1-2,4-5,7-10,16H,3,6,11-13H2,(H,22,25)(H,23,24)/t16-/m0/s1. The van der Waals surface area contributed by atoms with Crippen LogP contribution in [0.1, 0.15) is 23.2 Å². The average molecular weight is 389 g/mol. The fourth-order valence-electron chi connectivity index (χ4n) is 2.63. The number of ether oxygens (including phenoxy) is 2. The normalized spacial score (nSPS) is 15.1. The van der Waals surface area contributed by atoms with Gasteiger partial charge in [0.2, 0.25) is 5.91 Å². The molecule has 0 spiro atoms. The highest BCUT2D eigenvalue weighted by molar-refractivity contribution is 6.30. The van der Waals surface area contributed by atoms with Gasteiger partial charge in [-0.1, -0.05) is 23.7 Å². The van der Waals surface area contributed by atoms with Crippen molar-refractivity contribution in [3.05, 3.63) is 59.1 Å². The van der Waals surface area contributed by atoms with Gasteiger partial charge in [0, 0.05) is 23.6 Å². The van der Waals surface area contributed by atoms with Crippen molar-refractivity contribution in [2.75, 3.05) is 19.7 Å². The number of hydrogen-bond donors (Lipinski definition) is 2. The van der Waals surface area contributed by atoms with Gasteiger partial charge in [-0.25, -0.2) is 0 Å². The Balaban J connectivity index is 1.31. The molecule has 0 aliphatic carbocycles. The maximum Gasteiger partial charge on any atom is 0.251 e. The van der Waals surface area contributed by atoms with Gasteiger partial charge in [0.25, 0.3) is 5.91 Å². The van der Waals surface area contributed by atoms with Crippen LogP contribution in [0, 0.1) is 0 Å². The highest BCUT2D eigenvalue weighted by atomic mass is 35.5. The zero-order valence-corrected chi connectivity index (χ0v) is 15.5. The Morgan fingerprint density at radius 1 is 1.04 bits per heavy atom. The van der Waals surface area contributed by atoms with E-state index >= 15 is 0 Å². The zero-order chi connectivity index (χ0) is 19.1. The molecule has 2 amide bonds. The van der Waals surface area contributed by atoms with Crippen LogP contribution in [0.25, 0.3) is 0 Å². The third-order valence-corrected chi connectivity index (χ3v) is 4.32. The van der Waals surface area contributed by atoms with Crippen LogP contribution < -0.4 is 20.1 Å². The van der Waals surface area contributed by atoms with Crippen molar-refractivity contribution in [1.82, 2.24) is 10.6 Å². The fraction of sp³-hybridized carbons (Fsp3) is 0.300. The summed E-state index contributed by atoms with van der Waals surface area (Å²) in [4.78, 5) is 23.9. The Hall–Kier alpha value is -2.73. The van der Waals surface area contributed by atoms with Crippen molar-refractivity contribution in [3.63, 3.8) is 0 Å². The minimum Gasteiger partial charge on any atom is -0.486 e. The highest BCUT2D eigenvalue weighted by Gasteiger charge is 2.20. The number of hydrogen-bond acceptors (Lipinski definition) is 4. The molecule has 0 saturated heterocycles. The summed E-state index contributed by atoms with van der Waals surface area (Å²) in [5.41, 5.74) is 0.540. The van der Waals surface area contributed by atoms with Crippen LogP contribution in [0.4, 0.5) is 0 Å². The summed E-state index contributed by atoms with van der Waals surface area (Å²) < 4.78 is 11.4. The Morgan fingerprint density at radius 2 is 1.78 bits per heavy atom. The van der Waals surface area contributed by atoms with Crippen molar-refractivity contribution in [2.24, 2.45) is 0 Å². The summed E-state index contributed by atoms with van der Waals surface area (Å²) in [7, 11) is 0. The van der Waals surface area contributed by atoms with Crippen LogP contribution in [0.2, 0.25) is 5.02 Å². The average Bonchev–Trinajstić information content (AvgIpc) is 2.70. The van der Waals surface area contributed by atoms with Crippen LogP contribution in [0.5, 0.6) is 11.5 Å². The summed E-state index contributed by atoms with van der Waals surface area (Å²) in [5.74, 6) is 1.14. The van der Waals surface area contributed by atoms with Crippen LogP contribution in [0.3, 0.4) is 0 Å². The Bertz CT molecular complexity index is 795. The van der Waals surface area contributed by atoms with E-state index in [0.717, 1.165) is 5.75 Å². The van der Waals surface area contributed by atoms with E-state index in [9.17, 15) is 9.59 Å². The third-order valence-electron chi connectivity index (χ3n) is 4.07. The molecular weight excluding hydrogens is 368 g/mol. The molecule has 7 heteroatoms. The number of carbonyl (C=O) groups excluding carboxylic acids is 2. The SMILES string of the molecule is O=C(CCCNC(=O)c1ccc(Cl)cc1)NC[C@H]1COc2ccccc2O1. The van der Waals surface area contributed by atoms with Gasteiger partial charge < -0.3 is 20.1 Å². The number of nitrogens with one attached hydrogen (secondary N) is 2. The smallest absolute Gasteiger partial charge is 0.251 e. The third kappa shape index (κ3) is 5.62. The number of carbonyl (C=O) groups is 2. The van der Waals surface area contributed by atoms with Crippen LogP contribution in [0.15, 0.2) is 48.5 Å². The summed E-state index contributed by atoms with van der Waals surface area (Å²) in [6, 6.07) is 14.1. The monoisotopic (exact) mass is 388 g/mol. The molecule has 2 aromatic rings. The molecule has 0 fully saturated rings. The van der Waals surface area contributed by atoms with E-state index in [0.29, 0.717) is 48.9 Å². The van der Waals surface area contributed by atoms with Crippen molar-refractivity contribution in [1.29, 1.82) is 0 Å². The summed E-state index contributed by atoms with van der Waals surface area (Å²) in [5, 5.41) is 6.20. The van der Waals surface area contributed by atoms with Gasteiger partial charge in [0.05, 0.1) is 6.54 Å². The van der Waals surface area contributed by atoms with Crippen LogP contribution in [-0.2, 0) is 4.79 Å². The largest absolute Gasteiger partial charge is 0.486 e. The molecule has 1 heterocycles. The lowest BCUT2D eigenvalue weighted by Crippen LogP contribution is -2.40. The summed E-state index contributed by atoms with van der Waals surface area (Å²) in [6.45, 7) is 1.20. The van der Waals surface area contributed by atoms with E-state index < -0.39 is 0 Å². The topological polar surface area (TPSA) is 76.7 Å². The molecule has 3 rings (SSSR count). The Morgan fingerprint density at radius 3 is 2.56 bits per heavy atom. The predicted molar refractivity (Wildman–Crippen MR) is 102 cm³/mol. The number of rotatable bonds is 7. The molecule has 27 heavy (non-hydrogen) atoms. The summed E-state index contributed by atoms with van der Waals surface area (Å²) in [6.07, 6.45) is 0.662. The molecule has 0 aromatic heterocycles. The molecule has 2 N–H and O–H groups in total. The molecule has 1 atom stereocenters. The lowest BCUT2D eigenvalue weighted by atomic mass is 10.2. The maximum atomic E-state index is 11.9. The first kappa shape index (κ1) is 19.0. The van der Waals surface area contributed by atoms with Crippen molar-refractivity contribution in [2.45, 2.75) is 18.9 Å². The molecule has 0 radical (unpaired) electrons. The van der Waals surface area contributed by atoms with Gasteiger partial charge in [0.15, 0.2) is 11.5 Å². The predicted octanol–water partition coefficient (Wildman–Crippen LogP) is 2.81. The maximum absolute atomic E-state index is 11.9. The minimum absolute atomic E-state index is 0.0850. The van der Waals surface area contributed by atoms with Gasteiger partial charge in [-0.2, -0.15) is 0 Å². The molecule has 2 aromatic carbocycles. The quantitative estimate of drug-likeness (QED) is 0.715. The highest BCUT2D eigenvalue weighted by Crippen LogP contribution is 2.30. The molecule has 142 valence electrons. The van der Waals surface area contributed by atoms with E-state index in [1.54, 1.807) is 24.3 Å². The lowest BCUT2D eigenvalue weighted by molar-refractivity contribution is -0.121. The molecule has 0 saturated carbocycles. The van der Waals surface area contributed by atoms with E-state index in [-0.39, 0.29) is 17.9 Å². The number of benzene rings is 2. The Kier molecular flexibility index (Phi) is 6.54. The molecule has 0 unspecified atom stereocenters. The van der Waals surface area contributed by atoms with E-state index in [4.69, 9.17) is 21.1 Å². The zero-order valence-electron chi connectivity index (χ0n) is 14.7. The second-order valence-electron chi connectivity index (χ2n) is 6.17. The van der Waals surface area contributed by atoms with Gasteiger partial charge in [-0.05, 0) is 42.8 Å². The molecule has 1 aliphatic heterocycles. The van der Waals surface area contributed by atoms with Gasteiger partial charge in [0.1, 0.15) is 12.7 Å². The van der Waals surface area contributed by atoms with Crippen molar-refractivity contribution >= 4 is 23.4 Å². The van der Waals surface area contributed by atoms with E-state index in [1.807, 2.05) is 24.3 Å². The fourth-order valence-corrected chi connectivity index (χ4v) is 2.76.